The number of alkyl halides is 1. The van der Waals surface area contributed by atoms with E-state index in [4.69, 9.17) is 0 Å². The summed E-state index contributed by atoms with van der Waals surface area (Å²) in [7, 11) is 0. The number of halogens is 1. The number of rotatable bonds is 4. The van der Waals surface area contributed by atoms with Gasteiger partial charge in [-0.1, -0.05) is 37.3 Å². The van der Waals surface area contributed by atoms with Crippen LogP contribution >= 0.6 is 11.5 Å². The SMILES string of the molecule is CCC(F)(Cc1ccccc1)c1ncnc2sncc12. The first-order valence-corrected chi connectivity index (χ1v) is 7.29. The molecular formula is C15H14FN3S. The fraction of sp³-hybridized carbons (Fsp3) is 0.267. The van der Waals surface area contributed by atoms with Crippen LogP contribution in [0.3, 0.4) is 0 Å². The molecule has 0 aliphatic heterocycles. The van der Waals surface area contributed by atoms with Crippen LogP contribution in [-0.2, 0) is 12.1 Å². The molecule has 1 atom stereocenters. The van der Waals surface area contributed by atoms with Crippen LogP contribution in [0.1, 0.15) is 24.6 Å². The second-order valence-electron chi connectivity index (χ2n) is 4.75. The standard InChI is InChI=1S/C15H14FN3S/c1-2-15(16,8-11-6-4-3-5-7-11)13-12-9-19-20-14(12)18-10-17-13/h3-7,9-10H,2,8H2,1H3. The molecule has 0 fully saturated rings. The molecule has 5 heteroatoms. The lowest BCUT2D eigenvalue weighted by Crippen LogP contribution is -2.24. The molecule has 0 bridgehead atoms. The van der Waals surface area contributed by atoms with Crippen molar-refractivity contribution in [3.05, 3.63) is 54.1 Å². The Morgan fingerprint density at radius 1 is 1.20 bits per heavy atom. The highest BCUT2D eigenvalue weighted by molar-refractivity contribution is 7.12. The molecular weight excluding hydrogens is 273 g/mol. The smallest absolute Gasteiger partial charge is 0.157 e. The van der Waals surface area contributed by atoms with Gasteiger partial charge in [0, 0.05) is 6.42 Å². The summed E-state index contributed by atoms with van der Waals surface area (Å²) in [5.41, 5.74) is -0.0833. The third-order valence-corrected chi connectivity index (χ3v) is 4.19. The molecule has 0 saturated heterocycles. The van der Waals surface area contributed by atoms with Crippen molar-refractivity contribution in [1.82, 2.24) is 14.3 Å². The first kappa shape index (κ1) is 13.1. The summed E-state index contributed by atoms with van der Waals surface area (Å²) in [6.45, 7) is 1.84. The van der Waals surface area contributed by atoms with Crippen molar-refractivity contribution < 1.29 is 4.39 Å². The van der Waals surface area contributed by atoms with Crippen LogP contribution in [0.2, 0.25) is 0 Å². The van der Waals surface area contributed by atoms with Gasteiger partial charge in [-0.25, -0.2) is 14.4 Å². The average molecular weight is 287 g/mol. The number of aromatic nitrogens is 3. The molecule has 0 aliphatic carbocycles. The number of hydrogen-bond acceptors (Lipinski definition) is 4. The summed E-state index contributed by atoms with van der Waals surface area (Å²) in [5, 5.41) is 0.720. The van der Waals surface area contributed by atoms with E-state index in [1.807, 2.05) is 37.3 Å². The van der Waals surface area contributed by atoms with E-state index < -0.39 is 5.67 Å². The lowest BCUT2D eigenvalue weighted by molar-refractivity contribution is 0.153. The minimum atomic E-state index is -1.49. The molecule has 0 amide bonds. The van der Waals surface area contributed by atoms with Gasteiger partial charge in [-0.15, -0.1) is 0 Å². The van der Waals surface area contributed by atoms with Crippen LogP contribution in [-0.4, -0.2) is 14.3 Å². The van der Waals surface area contributed by atoms with E-state index in [9.17, 15) is 0 Å². The van der Waals surface area contributed by atoms with Crippen molar-refractivity contribution in [1.29, 1.82) is 0 Å². The van der Waals surface area contributed by atoms with E-state index in [-0.39, 0.29) is 0 Å². The van der Waals surface area contributed by atoms with E-state index >= 15 is 4.39 Å². The predicted octanol–water partition coefficient (Wildman–Crippen LogP) is 3.90. The third kappa shape index (κ3) is 2.29. The lowest BCUT2D eigenvalue weighted by Gasteiger charge is -2.23. The van der Waals surface area contributed by atoms with E-state index in [0.717, 1.165) is 15.8 Å². The maximum absolute atomic E-state index is 15.4. The zero-order chi connectivity index (χ0) is 14.0. The molecule has 102 valence electrons. The van der Waals surface area contributed by atoms with Gasteiger partial charge in [0.2, 0.25) is 0 Å². The highest BCUT2D eigenvalue weighted by atomic mass is 32.1. The third-order valence-electron chi connectivity index (χ3n) is 3.48. The molecule has 0 saturated carbocycles. The van der Waals surface area contributed by atoms with Crippen LogP contribution in [0.5, 0.6) is 0 Å². The molecule has 3 nitrogen and oxygen atoms in total. The lowest BCUT2D eigenvalue weighted by atomic mass is 9.89. The van der Waals surface area contributed by atoms with Crippen molar-refractivity contribution in [3.8, 4) is 0 Å². The Hall–Kier alpha value is -1.88. The minimum absolute atomic E-state index is 0.312. The maximum atomic E-state index is 15.4. The Morgan fingerprint density at radius 3 is 2.75 bits per heavy atom. The Kier molecular flexibility index (Phi) is 3.44. The fourth-order valence-corrected chi connectivity index (χ4v) is 2.95. The normalized spacial score (nSPS) is 14.3. The molecule has 2 heterocycles. The Bertz CT molecular complexity index is 713. The molecule has 0 radical (unpaired) electrons. The highest BCUT2D eigenvalue weighted by Crippen LogP contribution is 2.36. The van der Waals surface area contributed by atoms with Crippen LogP contribution in [0.4, 0.5) is 4.39 Å². The summed E-state index contributed by atoms with van der Waals surface area (Å²) in [6.07, 6.45) is 3.76. The van der Waals surface area contributed by atoms with Crippen molar-refractivity contribution in [2.24, 2.45) is 0 Å². The number of benzene rings is 1. The van der Waals surface area contributed by atoms with Gasteiger partial charge in [-0.05, 0) is 23.5 Å². The van der Waals surface area contributed by atoms with Gasteiger partial charge in [-0.2, -0.15) is 4.37 Å². The van der Waals surface area contributed by atoms with Crippen molar-refractivity contribution in [3.63, 3.8) is 0 Å². The van der Waals surface area contributed by atoms with Crippen LogP contribution in [0, 0.1) is 0 Å². The second kappa shape index (κ2) is 5.25. The summed E-state index contributed by atoms with van der Waals surface area (Å²) in [5.74, 6) is 0. The highest BCUT2D eigenvalue weighted by Gasteiger charge is 2.34. The zero-order valence-corrected chi connectivity index (χ0v) is 11.9. The van der Waals surface area contributed by atoms with Crippen molar-refractivity contribution in [2.45, 2.75) is 25.4 Å². The fourth-order valence-electron chi connectivity index (χ4n) is 2.35. The van der Waals surface area contributed by atoms with E-state index in [1.54, 1.807) is 6.20 Å². The van der Waals surface area contributed by atoms with Gasteiger partial charge in [0.05, 0.1) is 17.3 Å². The van der Waals surface area contributed by atoms with Crippen LogP contribution in [0.25, 0.3) is 10.2 Å². The molecule has 0 N–H and O–H groups in total. The van der Waals surface area contributed by atoms with Crippen molar-refractivity contribution >= 4 is 21.7 Å². The van der Waals surface area contributed by atoms with E-state index in [2.05, 4.69) is 14.3 Å². The molecule has 1 aromatic carbocycles. The molecule has 1 unspecified atom stereocenters. The number of fused-ring (bicyclic) bond motifs is 1. The quantitative estimate of drug-likeness (QED) is 0.730. The van der Waals surface area contributed by atoms with Gasteiger partial charge in [0.25, 0.3) is 0 Å². The second-order valence-corrected chi connectivity index (χ2v) is 5.53. The molecule has 0 spiro atoms. The first-order valence-electron chi connectivity index (χ1n) is 6.51. The monoisotopic (exact) mass is 287 g/mol. The van der Waals surface area contributed by atoms with Gasteiger partial charge >= 0.3 is 0 Å². The molecule has 0 aliphatic rings. The number of nitrogens with zero attached hydrogens (tertiary/aromatic N) is 3. The van der Waals surface area contributed by atoms with Gasteiger partial charge in [0.1, 0.15) is 11.2 Å². The van der Waals surface area contributed by atoms with Crippen molar-refractivity contribution in [2.75, 3.05) is 0 Å². The average Bonchev–Trinajstić information content (AvgIpc) is 2.96. The van der Waals surface area contributed by atoms with E-state index in [0.29, 0.717) is 18.5 Å². The predicted molar refractivity (Wildman–Crippen MR) is 78.4 cm³/mol. The Balaban J connectivity index is 2.06. The first-order chi connectivity index (χ1) is 9.73. The van der Waals surface area contributed by atoms with Crippen LogP contribution in [0.15, 0.2) is 42.9 Å². The van der Waals surface area contributed by atoms with Gasteiger partial charge in [-0.3, -0.25) is 0 Å². The molecule has 20 heavy (non-hydrogen) atoms. The van der Waals surface area contributed by atoms with Gasteiger partial charge in [0.15, 0.2) is 5.67 Å². The summed E-state index contributed by atoms with van der Waals surface area (Å²) in [6, 6.07) is 9.66. The summed E-state index contributed by atoms with van der Waals surface area (Å²) >= 11 is 1.27. The van der Waals surface area contributed by atoms with Crippen LogP contribution < -0.4 is 0 Å². The molecule has 3 aromatic rings. The number of hydrogen-bond donors (Lipinski definition) is 0. The van der Waals surface area contributed by atoms with Gasteiger partial charge < -0.3 is 0 Å². The Labute approximate surface area is 120 Å². The Morgan fingerprint density at radius 2 is 2.00 bits per heavy atom. The largest absolute Gasteiger partial charge is 0.237 e. The maximum Gasteiger partial charge on any atom is 0.157 e. The molecule has 2 aromatic heterocycles. The minimum Gasteiger partial charge on any atom is -0.237 e. The molecule has 3 rings (SSSR count). The topological polar surface area (TPSA) is 38.7 Å². The summed E-state index contributed by atoms with van der Waals surface area (Å²) in [4.78, 5) is 9.07. The summed E-state index contributed by atoms with van der Waals surface area (Å²) < 4.78 is 19.5. The zero-order valence-electron chi connectivity index (χ0n) is 11.1. The van der Waals surface area contributed by atoms with E-state index in [1.165, 1.54) is 17.9 Å².